The van der Waals surface area contributed by atoms with Gasteiger partial charge in [0.15, 0.2) is 0 Å². The van der Waals surface area contributed by atoms with E-state index in [1.165, 1.54) is 17.7 Å². The molecule has 0 unspecified atom stereocenters. The normalized spacial score (nSPS) is 10.4. The Hall–Kier alpha value is -2.95. The Morgan fingerprint density at radius 3 is 2.42 bits per heavy atom. The SMILES string of the molecule is Fc1ccc(CCNc2ccnc(NCc3ccccc3)n2)cc1. The number of hydrogen-bond acceptors (Lipinski definition) is 4. The standard InChI is InChI=1S/C19H19FN4/c20-17-8-6-15(7-9-17)10-12-21-18-11-13-22-19(24-18)23-14-16-4-2-1-3-5-16/h1-9,11,13H,10,12,14H2,(H2,21,22,23,24). The molecule has 0 amide bonds. The second-order valence-electron chi connectivity index (χ2n) is 5.41. The fourth-order valence-corrected chi connectivity index (χ4v) is 2.31. The number of nitrogens with zero attached hydrogens (tertiary/aromatic N) is 2. The number of halogens is 1. The van der Waals surface area contributed by atoms with Crippen LogP contribution in [-0.4, -0.2) is 16.5 Å². The van der Waals surface area contributed by atoms with E-state index in [-0.39, 0.29) is 5.82 Å². The molecule has 1 aromatic heterocycles. The summed E-state index contributed by atoms with van der Waals surface area (Å²) in [5.41, 5.74) is 2.26. The Bertz CT molecular complexity index is 760. The van der Waals surface area contributed by atoms with E-state index in [4.69, 9.17) is 0 Å². The minimum atomic E-state index is -0.211. The molecule has 3 rings (SSSR count). The molecule has 0 saturated heterocycles. The summed E-state index contributed by atoms with van der Waals surface area (Å²) in [6.07, 6.45) is 2.53. The maximum Gasteiger partial charge on any atom is 0.224 e. The summed E-state index contributed by atoms with van der Waals surface area (Å²) in [7, 11) is 0. The molecule has 0 radical (unpaired) electrons. The number of anilines is 2. The van der Waals surface area contributed by atoms with Gasteiger partial charge in [-0.15, -0.1) is 0 Å². The van der Waals surface area contributed by atoms with Gasteiger partial charge in [0.05, 0.1) is 0 Å². The topological polar surface area (TPSA) is 49.8 Å². The van der Waals surface area contributed by atoms with Gasteiger partial charge in [-0.2, -0.15) is 4.98 Å². The van der Waals surface area contributed by atoms with Crippen molar-refractivity contribution in [2.45, 2.75) is 13.0 Å². The molecule has 5 heteroatoms. The fraction of sp³-hybridized carbons (Fsp3) is 0.158. The van der Waals surface area contributed by atoms with Crippen LogP contribution < -0.4 is 10.6 Å². The van der Waals surface area contributed by atoms with Gasteiger partial charge >= 0.3 is 0 Å². The smallest absolute Gasteiger partial charge is 0.224 e. The first kappa shape index (κ1) is 15.9. The quantitative estimate of drug-likeness (QED) is 0.693. The van der Waals surface area contributed by atoms with Gasteiger partial charge in [-0.3, -0.25) is 0 Å². The van der Waals surface area contributed by atoms with Crippen molar-refractivity contribution in [2.75, 3.05) is 17.2 Å². The van der Waals surface area contributed by atoms with Crippen molar-refractivity contribution < 1.29 is 4.39 Å². The Labute approximate surface area is 140 Å². The van der Waals surface area contributed by atoms with Gasteiger partial charge in [0, 0.05) is 19.3 Å². The molecule has 0 aliphatic heterocycles. The zero-order valence-electron chi connectivity index (χ0n) is 13.2. The first-order valence-corrected chi connectivity index (χ1v) is 7.89. The first-order valence-electron chi connectivity index (χ1n) is 7.89. The van der Waals surface area contributed by atoms with Crippen LogP contribution in [0.1, 0.15) is 11.1 Å². The Morgan fingerprint density at radius 1 is 0.833 bits per heavy atom. The van der Waals surface area contributed by atoms with Crippen molar-refractivity contribution in [2.24, 2.45) is 0 Å². The average Bonchev–Trinajstić information content (AvgIpc) is 2.63. The van der Waals surface area contributed by atoms with Gasteiger partial charge in [0.1, 0.15) is 11.6 Å². The highest BCUT2D eigenvalue weighted by Gasteiger charge is 2.00. The predicted molar refractivity (Wildman–Crippen MR) is 94.4 cm³/mol. The monoisotopic (exact) mass is 322 g/mol. The van der Waals surface area contributed by atoms with Crippen LogP contribution in [0, 0.1) is 5.82 Å². The molecule has 2 aromatic carbocycles. The highest BCUT2D eigenvalue weighted by Crippen LogP contribution is 2.09. The highest BCUT2D eigenvalue weighted by atomic mass is 19.1. The largest absolute Gasteiger partial charge is 0.370 e. The zero-order valence-corrected chi connectivity index (χ0v) is 13.2. The van der Waals surface area contributed by atoms with Crippen molar-refractivity contribution >= 4 is 11.8 Å². The third-order valence-corrected chi connectivity index (χ3v) is 3.58. The van der Waals surface area contributed by atoms with Crippen LogP contribution in [0.4, 0.5) is 16.2 Å². The molecule has 0 aliphatic carbocycles. The molecule has 0 spiro atoms. The summed E-state index contributed by atoms with van der Waals surface area (Å²) in [6.45, 7) is 1.40. The summed E-state index contributed by atoms with van der Waals surface area (Å²) in [4.78, 5) is 8.67. The second-order valence-corrected chi connectivity index (χ2v) is 5.41. The minimum absolute atomic E-state index is 0.211. The first-order chi connectivity index (χ1) is 11.8. The van der Waals surface area contributed by atoms with Crippen molar-refractivity contribution in [1.29, 1.82) is 0 Å². The molecule has 0 fully saturated rings. The van der Waals surface area contributed by atoms with Gasteiger partial charge < -0.3 is 10.6 Å². The van der Waals surface area contributed by atoms with Crippen molar-refractivity contribution in [3.05, 3.63) is 83.8 Å². The molecule has 3 aromatic rings. The van der Waals surface area contributed by atoms with Gasteiger partial charge in [0.2, 0.25) is 5.95 Å². The second kappa shape index (κ2) is 8.06. The van der Waals surface area contributed by atoms with Crippen molar-refractivity contribution in [3.8, 4) is 0 Å². The lowest BCUT2D eigenvalue weighted by Crippen LogP contribution is -2.09. The fourth-order valence-electron chi connectivity index (χ4n) is 2.31. The molecule has 4 nitrogen and oxygen atoms in total. The molecule has 0 aliphatic rings. The molecule has 0 atom stereocenters. The molecule has 24 heavy (non-hydrogen) atoms. The molecule has 1 heterocycles. The molecule has 0 saturated carbocycles. The Kier molecular flexibility index (Phi) is 5.35. The summed E-state index contributed by atoms with van der Waals surface area (Å²) in [5, 5.41) is 6.47. The van der Waals surface area contributed by atoms with E-state index in [9.17, 15) is 4.39 Å². The third-order valence-electron chi connectivity index (χ3n) is 3.58. The number of hydrogen-bond donors (Lipinski definition) is 2. The highest BCUT2D eigenvalue weighted by molar-refractivity contribution is 5.40. The van der Waals surface area contributed by atoms with Crippen LogP contribution in [0.2, 0.25) is 0 Å². The maximum absolute atomic E-state index is 12.9. The zero-order chi connectivity index (χ0) is 16.6. The lowest BCUT2D eigenvalue weighted by molar-refractivity contribution is 0.627. The van der Waals surface area contributed by atoms with Crippen LogP contribution in [0.25, 0.3) is 0 Å². The van der Waals surface area contributed by atoms with E-state index < -0.39 is 0 Å². The molecule has 2 N–H and O–H groups in total. The Balaban J connectivity index is 1.50. The van der Waals surface area contributed by atoms with Gasteiger partial charge in [-0.25, -0.2) is 9.37 Å². The molecule has 122 valence electrons. The van der Waals surface area contributed by atoms with Crippen molar-refractivity contribution in [3.63, 3.8) is 0 Å². The van der Waals surface area contributed by atoms with E-state index in [0.29, 0.717) is 12.5 Å². The van der Waals surface area contributed by atoms with E-state index >= 15 is 0 Å². The molecular weight excluding hydrogens is 303 g/mol. The third kappa shape index (κ3) is 4.78. The summed E-state index contributed by atoms with van der Waals surface area (Å²) in [5.74, 6) is 1.14. The number of aromatic nitrogens is 2. The molecular formula is C19H19FN4. The number of benzene rings is 2. The van der Waals surface area contributed by atoms with E-state index in [2.05, 4.69) is 32.7 Å². The van der Waals surface area contributed by atoms with E-state index in [1.807, 2.05) is 24.3 Å². The predicted octanol–water partition coefficient (Wildman–Crippen LogP) is 3.88. The van der Waals surface area contributed by atoms with Crippen LogP contribution in [0.3, 0.4) is 0 Å². The summed E-state index contributed by atoms with van der Waals surface area (Å²) in [6, 6.07) is 18.5. The van der Waals surface area contributed by atoms with Crippen LogP contribution in [-0.2, 0) is 13.0 Å². The van der Waals surface area contributed by atoms with E-state index in [1.54, 1.807) is 18.3 Å². The summed E-state index contributed by atoms with van der Waals surface area (Å²) < 4.78 is 12.9. The Morgan fingerprint density at radius 2 is 1.62 bits per heavy atom. The lowest BCUT2D eigenvalue weighted by atomic mass is 10.1. The molecule has 0 bridgehead atoms. The summed E-state index contributed by atoms with van der Waals surface area (Å²) >= 11 is 0. The number of nitrogens with one attached hydrogen (secondary N) is 2. The van der Waals surface area contributed by atoms with Gasteiger partial charge in [-0.05, 0) is 35.7 Å². The van der Waals surface area contributed by atoms with Gasteiger partial charge in [0.25, 0.3) is 0 Å². The minimum Gasteiger partial charge on any atom is -0.370 e. The van der Waals surface area contributed by atoms with E-state index in [0.717, 1.165) is 24.3 Å². The van der Waals surface area contributed by atoms with Gasteiger partial charge in [-0.1, -0.05) is 42.5 Å². The maximum atomic E-state index is 12.9. The van der Waals surface area contributed by atoms with Crippen LogP contribution in [0.5, 0.6) is 0 Å². The average molecular weight is 322 g/mol. The lowest BCUT2D eigenvalue weighted by Gasteiger charge is -2.08. The van der Waals surface area contributed by atoms with Crippen molar-refractivity contribution in [1.82, 2.24) is 9.97 Å². The van der Waals surface area contributed by atoms with Crippen LogP contribution >= 0.6 is 0 Å². The van der Waals surface area contributed by atoms with Crippen LogP contribution in [0.15, 0.2) is 66.9 Å². The number of rotatable bonds is 7.